The fraction of sp³-hybridized carbons (Fsp3) is 1.00. The fourth-order valence-corrected chi connectivity index (χ4v) is 3.34. The summed E-state index contributed by atoms with van der Waals surface area (Å²) >= 11 is 0. The third kappa shape index (κ3) is 3.25. The summed E-state index contributed by atoms with van der Waals surface area (Å²) in [5.74, 6) is 0.769. The second-order valence-electron chi connectivity index (χ2n) is 6.99. The summed E-state index contributed by atoms with van der Waals surface area (Å²) in [6.07, 6.45) is 6.05. The molecule has 18 heavy (non-hydrogen) atoms. The van der Waals surface area contributed by atoms with E-state index in [0.717, 1.165) is 32.2 Å². The van der Waals surface area contributed by atoms with Crippen molar-refractivity contribution in [3.8, 4) is 0 Å². The molecule has 2 fully saturated rings. The van der Waals surface area contributed by atoms with Gasteiger partial charge in [0.2, 0.25) is 0 Å². The first-order valence-corrected chi connectivity index (χ1v) is 7.47. The Hall–Kier alpha value is -0.120. The molecule has 0 spiro atoms. The minimum absolute atomic E-state index is 0.200. The quantitative estimate of drug-likeness (QED) is 0.764. The van der Waals surface area contributed by atoms with Crippen LogP contribution in [0.5, 0.6) is 0 Å². The molecule has 0 aromatic heterocycles. The highest BCUT2D eigenvalue weighted by Crippen LogP contribution is 2.40. The van der Waals surface area contributed by atoms with Gasteiger partial charge >= 0.3 is 0 Å². The van der Waals surface area contributed by atoms with E-state index in [1.54, 1.807) is 0 Å². The lowest BCUT2D eigenvalue weighted by Crippen LogP contribution is -2.46. The van der Waals surface area contributed by atoms with Crippen LogP contribution in [-0.2, 0) is 4.74 Å². The second kappa shape index (κ2) is 5.89. The van der Waals surface area contributed by atoms with Crippen LogP contribution in [0.15, 0.2) is 0 Å². The molecular weight excluding hydrogens is 226 g/mol. The number of aliphatic hydroxyl groups excluding tert-OH is 1. The first kappa shape index (κ1) is 14.3. The summed E-state index contributed by atoms with van der Waals surface area (Å²) in [5.41, 5.74) is 0.538. The van der Waals surface area contributed by atoms with Crippen LogP contribution in [0.2, 0.25) is 0 Å². The SMILES string of the molecule is CC(C)(CNCC1(CO)CCC1)C1CCOCC1. The highest BCUT2D eigenvalue weighted by atomic mass is 16.5. The zero-order valence-corrected chi connectivity index (χ0v) is 12.0. The van der Waals surface area contributed by atoms with Gasteiger partial charge in [-0.3, -0.25) is 0 Å². The number of rotatable bonds is 6. The molecule has 0 radical (unpaired) electrons. The molecule has 0 unspecified atom stereocenters. The molecule has 0 atom stereocenters. The standard InChI is InChI=1S/C15H29NO2/c1-14(2,13-4-8-18-9-5-13)10-16-11-15(12-17)6-3-7-15/h13,16-17H,3-12H2,1-2H3. The second-order valence-corrected chi connectivity index (χ2v) is 6.99. The van der Waals surface area contributed by atoms with Crippen molar-refractivity contribution in [3.05, 3.63) is 0 Å². The van der Waals surface area contributed by atoms with E-state index in [9.17, 15) is 5.11 Å². The van der Waals surface area contributed by atoms with Gasteiger partial charge in [-0.2, -0.15) is 0 Å². The Bertz CT molecular complexity index is 250. The lowest BCUT2D eigenvalue weighted by molar-refractivity contribution is 0.0151. The van der Waals surface area contributed by atoms with Crippen molar-refractivity contribution in [1.82, 2.24) is 5.32 Å². The molecule has 2 rings (SSSR count). The molecule has 106 valence electrons. The molecule has 3 heteroatoms. The van der Waals surface area contributed by atoms with Gasteiger partial charge in [-0.1, -0.05) is 20.3 Å². The summed E-state index contributed by atoms with van der Waals surface area (Å²) < 4.78 is 5.44. The molecule has 0 bridgehead atoms. The predicted octanol–water partition coefficient (Wildman–Crippen LogP) is 2.19. The Kier molecular flexibility index (Phi) is 4.68. The van der Waals surface area contributed by atoms with Gasteiger partial charge in [0.05, 0.1) is 0 Å². The molecule has 1 saturated carbocycles. The Morgan fingerprint density at radius 1 is 1.28 bits per heavy atom. The van der Waals surface area contributed by atoms with Crippen molar-refractivity contribution in [2.45, 2.75) is 46.0 Å². The van der Waals surface area contributed by atoms with Crippen molar-refractivity contribution in [1.29, 1.82) is 0 Å². The number of hydrogen-bond donors (Lipinski definition) is 2. The van der Waals surface area contributed by atoms with Gasteiger partial charge in [-0.05, 0) is 37.0 Å². The van der Waals surface area contributed by atoms with Crippen molar-refractivity contribution in [2.75, 3.05) is 32.9 Å². The van der Waals surface area contributed by atoms with E-state index >= 15 is 0 Å². The van der Waals surface area contributed by atoms with Crippen LogP contribution in [-0.4, -0.2) is 38.0 Å². The van der Waals surface area contributed by atoms with Gasteiger partial charge in [0.15, 0.2) is 0 Å². The van der Waals surface area contributed by atoms with E-state index in [1.165, 1.54) is 32.1 Å². The van der Waals surface area contributed by atoms with Crippen LogP contribution < -0.4 is 5.32 Å². The lowest BCUT2D eigenvalue weighted by atomic mass is 9.69. The number of ether oxygens (including phenoxy) is 1. The predicted molar refractivity (Wildman–Crippen MR) is 73.6 cm³/mol. The lowest BCUT2D eigenvalue weighted by Gasteiger charge is -2.42. The van der Waals surface area contributed by atoms with E-state index in [2.05, 4.69) is 19.2 Å². The monoisotopic (exact) mass is 255 g/mol. The van der Waals surface area contributed by atoms with Crippen molar-refractivity contribution in [3.63, 3.8) is 0 Å². The number of hydrogen-bond acceptors (Lipinski definition) is 3. The molecular formula is C15H29NO2. The molecule has 0 amide bonds. The van der Waals surface area contributed by atoms with E-state index < -0.39 is 0 Å². The van der Waals surface area contributed by atoms with Gasteiger partial charge in [0.1, 0.15) is 0 Å². The average molecular weight is 255 g/mol. The molecule has 0 aromatic rings. The van der Waals surface area contributed by atoms with Gasteiger partial charge in [-0.25, -0.2) is 0 Å². The normalized spacial score (nSPS) is 24.8. The first-order valence-electron chi connectivity index (χ1n) is 7.47. The summed E-state index contributed by atoms with van der Waals surface area (Å²) in [6, 6.07) is 0. The topological polar surface area (TPSA) is 41.5 Å². The maximum absolute atomic E-state index is 9.46. The van der Waals surface area contributed by atoms with Crippen LogP contribution in [0.3, 0.4) is 0 Å². The Morgan fingerprint density at radius 3 is 2.44 bits per heavy atom. The minimum atomic E-state index is 0.200. The van der Waals surface area contributed by atoms with Crippen molar-refractivity contribution in [2.24, 2.45) is 16.7 Å². The molecule has 0 aromatic carbocycles. The van der Waals surface area contributed by atoms with E-state index in [0.29, 0.717) is 12.0 Å². The molecule has 1 aliphatic carbocycles. The molecule has 1 heterocycles. The third-order valence-corrected chi connectivity index (χ3v) is 5.16. The van der Waals surface area contributed by atoms with Crippen LogP contribution in [0, 0.1) is 16.7 Å². The van der Waals surface area contributed by atoms with Gasteiger partial charge in [-0.15, -0.1) is 0 Å². The molecule has 1 saturated heterocycles. The Labute approximate surface area is 111 Å². The molecule has 2 aliphatic rings. The number of nitrogens with one attached hydrogen (secondary N) is 1. The smallest absolute Gasteiger partial charge is 0.0499 e. The summed E-state index contributed by atoms with van der Waals surface area (Å²) in [5, 5.41) is 13.1. The van der Waals surface area contributed by atoms with Gasteiger partial charge < -0.3 is 15.2 Å². The van der Waals surface area contributed by atoms with Crippen molar-refractivity contribution < 1.29 is 9.84 Å². The molecule has 3 nitrogen and oxygen atoms in total. The summed E-state index contributed by atoms with van der Waals surface area (Å²) in [7, 11) is 0. The highest BCUT2D eigenvalue weighted by Gasteiger charge is 2.37. The summed E-state index contributed by atoms with van der Waals surface area (Å²) in [4.78, 5) is 0. The third-order valence-electron chi connectivity index (χ3n) is 5.16. The van der Waals surface area contributed by atoms with E-state index in [-0.39, 0.29) is 5.41 Å². The van der Waals surface area contributed by atoms with Gasteiger partial charge in [0.25, 0.3) is 0 Å². The zero-order valence-electron chi connectivity index (χ0n) is 12.0. The fourth-order valence-electron chi connectivity index (χ4n) is 3.34. The molecule has 2 N–H and O–H groups in total. The van der Waals surface area contributed by atoms with Crippen LogP contribution in [0.25, 0.3) is 0 Å². The Balaban J connectivity index is 1.74. The zero-order chi connectivity index (χ0) is 13.1. The molecule has 1 aliphatic heterocycles. The van der Waals surface area contributed by atoms with Crippen LogP contribution in [0.4, 0.5) is 0 Å². The van der Waals surface area contributed by atoms with E-state index in [4.69, 9.17) is 4.74 Å². The largest absolute Gasteiger partial charge is 0.396 e. The maximum atomic E-state index is 9.46. The van der Waals surface area contributed by atoms with Crippen LogP contribution >= 0.6 is 0 Å². The maximum Gasteiger partial charge on any atom is 0.0499 e. The van der Waals surface area contributed by atoms with Gasteiger partial charge in [0, 0.05) is 38.3 Å². The minimum Gasteiger partial charge on any atom is -0.396 e. The van der Waals surface area contributed by atoms with Crippen molar-refractivity contribution >= 4 is 0 Å². The van der Waals surface area contributed by atoms with E-state index in [1.807, 2.05) is 0 Å². The average Bonchev–Trinajstić information content (AvgIpc) is 2.34. The number of aliphatic hydroxyl groups is 1. The van der Waals surface area contributed by atoms with Crippen LogP contribution in [0.1, 0.15) is 46.0 Å². The Morgan fingerprint density at radius 2 is 1.94 bits per heavy atom. The highest BCUT2D eigenvalue weighted by molar-refractivity contribution is 4.90. The summed E-state index contributed by atoms with van der Waals surface area (Å²) in [6.45, 7) is 8.96. The first-order chi connectivity index (χ1) is 8.58.